The summed E-state index contributed by atoms with van der Waals surface area (Å²) >= 11 is 0. The first-order chi connectivity index (χ1) is 8.86. The summed E-state index contributed by atoms with van der Waals surface area (Å²) in [4.78, 5) is 4.34. The van der Waals surface area contributed by atoms with Crippen LogP contribution in [0.5, 0.6) is 0 Å². The molecule has 2 aromatic rings. The zero-order chi connectivity index (χ0) is 12.4. The number of alkyl halides is 1. The first-order valence-corrected chi connectivity index (χ1v) is 6.54. The van der Waals surface area contributed by atoms with E-state index in [9.17, 15) is 4.39 Å². The predicted molar refractivity (Wildman–Crippen MR) is 71.2 cm³/mol. The minimum absolute atomic E-state index is 0.124. The van der Waals surface area contributed by atoms with Crippen LogP contribution in [0.1, 0.15) is 24.6 Å². The van der Waals surface area contributed by atoms with Crippen LogP contribution < -0.4 is 5.32 Å². The molecule has 0 bridgehead atoms. The van der Waals surface area contributed by atoms with E-state index in [1.807, 2.05) is 30.3 Å². The van der Waals surface area contributed by atoms with Crippen LogP contribution in [0.15, 0.2) is 36.5 Å². The molecular weight excluding hydrogens is 227 g/mol. The molecule has 0 saturated carbocycles. The van der Waals surface area contributed by atoms with Crippen LogP contribution in [0.25, 0.3) is 10.9 Å². The molecule has 1 aliphatic heterocycles. The van der Waals surface area contributed by atoms with Gasteiger partial charge in [-0.15, -0.1) is 0 Å². The molecule has 0 radical (unpaired) electrons. The van der Waals surface area contributed by atoms with Gasteiger partial charge in [0.2, 0.25) is 0 Å². The van der Waals surface area contributed by atoms with Gasteiger partial charge in [0.25, 0.3) is 0 Å². The molecule has 1 aromatic heterocycles. The summed E-state index contributed by atoms with van der Waals surface area (Å²) in [7, 11) is 0. The van der Waals surface area contributed by atoms with Crippen LogP contribution in [0.2, 0.25) is 0 Å². The molecule has 1 fully saturated rings. The zero-order valence-electron chi connectivity index (χ0n) is 10.3. The van der Waals surface area contributed by atoms with Crippen LogP contribution in [0, 0.1) is 5.92 Å². The minimum atomic E-state index is -0.898. The van der Waals surface area contributed by atoms with Crippen LogP contribution in [0.3, 0.4) is 0 Å². The van der Waals surface area contributed by atoms with Gasteiger partial charge >= 0.3 is 0 Å². The number of nitrogens with one attached hydrogen (secondary N) is 1. The number of rotatable bonds is 2. The Kier molecular flexibility index (Phi) is 3.24. The fourth-order valence-electron chi connectivity index (χ4n) is 2.74. The molecule has 1 aromatic carbocycles. The highest BCUT2D eigenvalue weighted by atomic mass is 19.1. The lowest BCUT2D eigenvalue weighted by Gasteiger charge is -2.26. The lowest BCUT2D eigenvalue weighted by atomic mass is 9.88. The summed E-state index contributed by atoms with van der Waals surface area (Å²) in [5.41, 5.74) is 1.56. The topological polar surface area (TPSA) is 24.9 Å². The van der Waals surface area contributed by atoms with Gasteiger partial charge in [-0.25, -0.2) is 4.39 Å². The van der Waals surface area contributed by atoms with Gasteiger partial charge in [-0.2, -0.15) is 0 Å². The summed E-state index contributed by atoms with van der Waals surface area (Å²) in [6, 6.07) is 9.67. The summed E-state index contributed by atoms with van der Waals surface area (Å²) in [6.45, 7) is 1.84. The molecule has 1 saturated heterocycles. The van der Waals surface area contributed by atoms with Crippen molar-refractivity contribution < 1.29 is 4.39 Å². The van der Waals surface area contributed by atoms with E-state index in [-0.39, 0.29) is 5.92 Å². The van der Waals surface area contributed by atoms with Gasteiger partial charge < -0.3 is 5.32 Å². The number of hydrogen-bond acceptors (Lipinski definition) is 2. The highest BCUT2D eigenvalue weighted by molar-refractivity contribution is 5.81. The Balaban J connectivity index is 1.97. The minimum Gasteiger partial charge on any atom is -0.317 e. The second-order valence-corrected chi connectivity index (χ2v) is 4.91. The average molecular weight is 244 g/mol. The van der Waals surface area contributed by atoms with Gasteiger partial charge in [-0.3, -0.25) is 4.98 Å². The van der Waals surface area contributed by atoms with E-state index in [4.69, 9.17) is 0 Å². The van der Waals surface area contributed by atoms with Crippen molar-refractivity contribution in [1.29, 1.82) is 0 Å². The molecule has 0 aliphatic carbocycles. The molecule has 3 heteroatoms. The van der Waals surface area contributed by atoms with Gasteiger partial charge in [0.05, 0.1) is 5.52 Å². The molecule has 0 amide bonds. The third-order valence-electron chi connectivity index (χ3n) is 3.76. The van der Waals surface area contributed by atoms with Gasteiger partial charge in [-0.05, 0) is 37.9 Å². The summed E-state index contributed by atoms with van der Waals surface area (Å²) < 4.78 is 14.7. The lowest BCUT2D eigenvalue weighted by molar-refractivity contribution is 0.191. The lowest BCUT2D eigenvalue weighted by Crippen LogP contribution is -2.29. The van der Waals surface area contributed by atoms with E-state index in [1.54, 1.807) is 6.20 Å². The zero-order valence-corrected chi connectivity index (χ0v) is 10.3. The predicted octanol–water partition coefficient (Wildman–Crippen LogP) is 3.25. The van der Waals surface area contributed by atoms with Crippen LogP contribution in [0.4, 0.5) is 4.39 Å². The number of para-hydroxylation sites is 1. The van der Waals surface area contributed by atoms with Gasteiger partial charge in [0, 0.05) is 17.1 Å². The molecule has 0 spiro atoms. The van der Waals surface area contributed by atoms with Crippen LogP contribution >= 0.6 is 0 Å². The van der Waals surface area contributed by atoms with Crippen molar-refractivity contribution in [3.05, 3.63) is 42.1 Å². The Bertz CT molecular complexity index is 530. The molecule has 18 heavy (non-hydrogen) atoms. The van der Waals surface area contributed by atoms with Crippen molar-refractivity contribution >= 4 is 10.9 Å². The monoisotopic (exact) mass is 244 g/mol. The maximum atomic E-state index is 14.7. The molecule has 1 atom stereocenters. The standard InChI is InChI=1S/C15H17FN2/c16-14(11-6-9-17-10-7-11)13-5-1-3-12-4-2-8-18-15(12)13/h1-5,8,11,14,17H,6-7,9-10H2. The quantitative estimate of drug-likeness (QED) is 0.877. The first kappa shape index (κ1) is 11.6. The number of aromatic nitrogens is 1. The Morgan fingerprint density at radius 3 is 2.78 bits per heavy atom. The number of pyridine rings is 1. The van der Waals surface area contributed by atoms with E-state index < -0.39 is 6.17 Å². The molecule has 1 unspecified atom stereocenters. The molecule has 94 valence electrons. The molecular formula is C15H17FN2. The third kappa shape index (κ3) is 2.10. The Hall–Kier alpha value is -1.48. The third-order valence-corrected chi connectivity index (χ3v) is 3.76. The van der Waals surface area contributed by atoms with E-state index in [1.165, 1.54) is 0 Å². The van der Waals surface area contributed by atoms with Crippen LogP contribution in [-0.2, 0) is 0 Å². The maximum absolute atomic E-state index is 14.7. The number of hydrogen-bond donors (Lipinski definition) is 1. The van der Waals surface area contributed by atoms with E-state index >= 15 is 0 Å². The van der Waals surface area contributed by atoms with Crippen LogP contribution in [-0.4, -0.2) is 18.1 Å². The molecule has 3 rings (SSSR count). The Labute approximate surface area is 106 Å². The normalized spacial score (nSPS) is 18.9. The van der Waals surface area contributed by atoms with E-state index in [2.05, 4.69) is 10.3 Å². The fraction of sp³-hybridized carbons (Fsp3) is 0.400. The van der Waals surface area contributed by atoms with Crippen molar-refractivity contribution in [3.63, 3.8) is 0 Å². The number of piperidine rings is 1. The van der Waals surface area contributed by atoms with E-state index in [0.717, 1.165) is 42.4 Å². The molecule has 2 nitrogen and oxygen atoms in total. The largest absolute Gasteiger partial charge is 0.317 e. The van der Waals surface area contributed by atoms with Crippen molar-refractivity contribution in [3.8, 4) is 0 Å². The Morgan fingerprint density at radius 1 is 1.17 bits per heavy atom. The van der Waals surface area contributed by atoms with Gasteiger partial charge in [0.1, 0.15) is 6.17 Å². The molecule has 1 N–H and O–H groups in total. The molecule has 2 heterocycles. The smallest absolute Gasteiger partial charge is 0.130 e. The second kappa shape index (κ2) is 5.02. The summed E-state index contributed by atoms with van der Waals surface area (Å²) in [5.74, 6) is 0.124. The fourth-order valence-corrected chi connectivity index (χ4v) is 2.74. The summed E-state index contributed by atoms with van der Waals surface area (Å²) in [5, 5.41) is 4.30. The van der Waals surface area contributed by atoms with Crippen molar-refractivity contribution in [2.45, 2.75) is 19.0 Å². The number of fused-ring (bicyclic) bond motifs is 1. The first-order valence-electron chi connectivity index (χ1n) is 6.54. The second-order valence-electron chi connectivity index (χ2n) is 4.91. The summed E-state index contributed by atoms with van der Waals surface area (Å²) in [6.07, 6.45) is 2.65. The van der Waals surface area contributed by atoms with E-state index in [0.29, 0.717) is 0 Å². The highest BCUT2D eigenvalue weighted by Gasteiger charge is 2.26. The van der Waals surface area contributed by atoms with Crippen molar-refractivity contribution in [2.24, 2.45) is 5.92 Å². The van der Waals surface area contributed by atoms with Crippen molar-refractivity contribution in [2.75, 3.05) is 13.1 Å². The van der Waals surface area contributed by atoms with Gasteiger partial charge in [-0.1, -0.05) is 24.3 Å². The Morgan fingerprint density at radius 2 is 1.94 bits per heavy atom. The maximum Gasteiger partial charge on any atom is 0.130 e. The number of benzene rings is 1. The average Bonchev–Trinajstić information content (AvgIpc) is 2.47. The van der Waals surface area contributed by atoms with Gasteiger partial charge in [0.15, 0.2) is 0 Å². The number of halogens is 1. The molecule has 1 aliphatic rings. The highest BCUT2D eigenvalue weighted by Crippen LogP contribution is 2.35. The number of nitrogens with zero attached hydrogens (tertiary/aromatic N) is 1. The SMILES string of the molecule is FC(c1cccc2cccnc12)C1CCNCC1. The van der Waals surface area contributed by atoms with Crippen molar-refractivity contribution in [1.82, 2.24) is 10.3 Å².